The highest BCUT2D eigenvalue weighted by molar-refractivity contribution is 5.96. The van der Waals surface area contributed by atoms with Crippen molar-refractivity contribution in [1.82, 2.24) is 0 Å². The van der Waals surface area contributed by atoms with Crippen molar-refractivity contribution in [1.29, 1.82) is 0 Å². The summed E-state index contributed by atoms with van der Waals surface area (Å²) < 4.78 is 0. The lowest BCUT2D eigenvalue weighted by atomic mass is 10.0. The Morgan fingerprint density at radius 1 is 0.645 bits per heavy atom. The molecule has 0 fully saturated rings. The van der Waals surface area contributed by atoms with Crippen molar-refractivity contribution >= 4 is 33.5 Å². The van der Waals surface area contributed by atoms with Crippen molar-refractivity contribution in [2.24, 2.45) is 10.2 Å². The standard InChI is InChI=1S/C26H25N3O2/c1-15-5-7-20(8-6-15)27-21-9-10-22-19(14-21)13-17(3)24(26(22)31)29-28-23-12-16(2)11-18(4)25(23)30/h5-14,27,30-31H,1-4H3. The number of nitrogens with zero attached hydrogens (tertiary/aromatic N) is 2. The Morgan fingerprint density at radius 3 is 2.10 bits per heavy atom. The molecule has 0 spiro atoms. The summed E-state index contributed by atoms with van der Waals surface area (Å²) in [6.45, 7) is 7.70. The minimum Gasteiger partial charge on any atom is -0.505 e. The van der Waals surface area contributed by atoms with Gasteiger partial charge in [0.25, 0.3) is 0 Å². The topological polar surface area (TPSA) is 77.2 Å². The molecular formula is C26H25N3O2. The van der Waals surface area contributed by atoms with E-state index in [1.165, 1.54) is 5.56 Å². The number of phenols is 2. The highest BCUT2D eigenvalue weighted by Crippen LogP contribution is 2.41. The van der Waals surface area contributed by atoms with Gasteiger partial charge in [-0.3, -0.25) is 0 Å². The molecule has 31 heavy (non-hydrogen) atoms. The minimum atomic E-state index is 0.0736. The lowest BCUT2D eigenvalue weighted by Gasteiger charge is -2.11. The van der Waals surface area contributed by atoms with Gasteiger partial charge >= 0.3 is 0 Å². The molecule has 156 valence electrons. The lowest BCUT2D eigenvalue weighted by molar-refractivity contribution is 0.471. The maximum atomic E-state index is 10.9. The Hall–Kier alpha value is -3.86. The zero-order valence-corrected chi connectivity index (χ0v) is 18.1. The van der Waals surface area contributed by atoms with Crippen LogP contribution in [0.1, 0.15) is 22.3 Å². The average Bonchev–Trinajstić information content (AvgIpc) is 2.72. The number of fused-ring (bicyclic) bond motifs is 1. The van der Waals surface area contributed by atoms with Gasteiger partial charge in [0.15, 0.2) is 5.75 Å². The average molecular weight is 412 g/mol. The van der Waals surface area contributed by atoms with E-state index in [9.17, 15) is 10.2 Å². The molecule has 3 N–H and O–H groups in total. The molecule has 0 bridgehead atoms. The maximum absolute atomic E-state index is 10.9. The first kappa shape index (κ1) is 20.4. The zero-order valence-electron chi connectivity index (χ0n) is 18.1. The number of rotatable bonds is 4. The summed E-state index contributed by atoms with van der Waals surface area (Å²) in [5, 5.41) is 34.6. The number of hydrogen-bond donors (Lipinski definition) is 3. The Kier molecular flexibility index (Phi) is 5.34. The largest absolute Gasteiger partial charge is 0.505 e. The quantitative estimate of drug-likeness (QED) is 0.302. The number of anilines is 2. The molecule has 0 heterocycles. The second-order valence-corrected chi connectivity index (χ2v) is 7.97. The first-order valence-electron chi connectivity index (χ1n) is 10.1. The summed E-state index contributed by atoms with van der Waals surface area (Å²) in [6.07, 6.45) is 0. The van der Waals surface area contributed by atoms with Crippen molar-refractivity contribution < 1.29 is 10.2 Å². The van der Waals surface area contributed by atoms with Gasteiger partial charge in [-0.25, -0.2) is 0 Å². The third-order valence-corrected chi connectivity index (χ3v) is 5.30. The number of nitrogens with one attached hydrogen (secondary N) is 1. The molecule has 0 aliphatic rings. The number of aryl methyl sites for hydroxylation is 4. The molecule has 4 aromatic rings. The van der Waals surface area contributed by atoms with Crippen molar-refractivity contribution in [2.45, 2.75) is 27.7 Å². The van der Waals surface area contributed by atoms with Crippen LogP contribution in [0.5, 0.6) is 11.5 Å². The van der Waals surface area contributed by atoms with Crippen LogP contribution in [0.3, 0.4) is 0 Å². The molecule has 0 radical (unpaired) electrons. The zero-order chi connectivity index (χ0) is 22.1. The second kappa shape index (κ2) is 8.11. The van der Waals surface area contributed by atoms with Gasteiger partial charge in [-0.15, -0.1) is 10.2 Å². The van der Waals surface area contributed by atoms with E-state index in [1.54, 1.807) is 6.07 Å². The van der Waals surface area contributed by atoms with Crippen LogP contribution in [-0.4, -0.2) is 10.2 Å². The van der Waals surface area contributed by atoms with Gasteiger partial charge in [0, 0.05) is 16.8 Å². The Balaban J connectivity index is 1.69. The number of phenolic OH excluding ortho intramolecular Hbond substituents is 2. The molecule has 5 heteroatoms. The van der Waals surface area contributed by atoms with Crippen LogP contribution in [0.4, 0.5) is 22.7 Å². The van der Waals surface area contributed by atoms with Crippen LogP contribution in [0, 0.1) is 27.7 Å². The van der Waals surface area contributed by atoms with Crippen LogP contribution in [0.15, 0.2) is 70.9 Å². The van der Waals surface area contributed by atoms with E-state index in [0.717, 1.165) is 33.5 Å². The fourth-order valence-electron chi connectivity index (χ4n) is 3.64. The number of aromatic hydroxyl groups is 2. The maximum Gasteiger partial charge on any atom is 0.151 e. The Labute approximate surface area is 181 Å². The fourth-order valence-corrected chi connectivity index (χ4v) is 3.64. The summed E-state index contributed by atoms with van der Waals surface area (Å²) in [5.41, 5.74) is 6.44. The first-order chi connectivity index (χ1) is 14.8. The SMILES string of the molecule is Cc1ccc(Nc2ccc3c(O)c(N=Nc4cc(C)cc(C)c4O)c(C)cc3c2)cc1. The van der Waals surface area contributed by atoms with Gasteiger partial charge in [0.2, 0.25) is 0 Å². The highest BCUT2D eigenvalue weighted by Gasteiger charge is 2.12. The van der Waals surface area contributed by atoms with E-state index < -0.39 is 0 Å². The molecule has 0 aromatic heterocycles. The summed E-state index contributed by atoms with van der Waals surface area (Å²) in [4.78, 5) is 0. The Morgan fingerprint density at radius 2 is 1.35 bits per heavy atom. The van der Waals surface area contributed by atoms with E-state index in [2.05, 4.69) is 34.6 Å². The molecule has 0 aliphatic heterocycles. The fraction of sp³-hybridized carbons (Fsp3) is 0.154. The van der Waals surface area contributed by atoms with Crippen molar-refractivity contribution in [2.75, 3.05) is 5.32 Å². The molecule has 5 nitrogen and oxygen atoms in total. The van der Waals surface area contributed by atoms with Crippen molar-refractivity contribution in [3.05, 3.63) is 82.9 Å². The number of hydrogen-bond acceptors (Lipinski definition) is 5. The monoisotopic (exact) mass is 411 g/mol. The lowest BCUT2D eigenvalue weighted by Crippen LogP contribution is -1.90. The molecule has 4 aromatic carbocycles. The van der Waals surface area contributed by atoms with Crippen LogP contribution < -0.4 is 5.32 Å². The number of benzene rings is 4. The van der Waals surface area contributed by atoms with E-state index in [4.69, 9.17) is 0 Å². The van der Waals surface area contributed by atoms with Gasteiger partial charge in [0.1, 0.15) is 17.1 Å². The normalized spacial score (nSPS) is 11.4. The van der Waals surface area contributed by atoms with Crippen LogP contribution in [-0.2, 0) is 0 Å². The molecule has 0 amide bonds. The predicted molar refractivity (Wildman–Crippen MR) is 127 cm³/mol. The molecule has 0 unspecified atom stereocenters. The second-order valence-electron chi connectivity index (χ2n) is 7.97. The van der Waals surface area contributed by atoms with Crippen molar-refractivity contribution in [3.63, 3.8) is 0 Å². The van der Waals surface area contributed by atoms with Crippen LogP contribution in [0.2, 0.25) is 0 Å². The number of azo groups is 1. The Bertz CT molecular complexity index is 1310. The minimum absolute atomic E-state index is 0.0736. The van der Waals surface area contributed by atoms with Gasteiger partial charge in [0.05, 0.1) is 0 Å². The van der Waals surface area contributed by atoms with Gasteiger partial charge < -0.3 is 15.5 Å². The van der Waals surface area contributed by atoms with E-state index in [-0.39, 0.29) is 11.5 Å². The predicted octanol–water partition coefficient (Wildman–Crippen LogP) is 7.64. The third-order valence-electron chi connectivity index (χ3n) is 5.30. The molecular weight excluding hydrogens is 386 g/mol. The molecule has 0 aliphatic carbocycles. The highest BCUT2D eigenvalue weighted by atomic mass is 16.3. The molecule has 0 atom stereocenters. The van der Waals surface area contributed by atoms with Gasteiger partial charge in [-0.05, 0) is 92.2 Å². The molecule has 0 saturated heterocycles. The third kappa shape index (κ3) is 4.21. The molecule has 0 saturated carbocycles. The van der Waals surface area contributed by atoms with E-state index in [0.29, 0.717) is 16.8 Å². The van der Waals surface area contributed by atoms with E-state index in [1.807, 2.05) is 63.2 Å². The van der Waals surface area contributed by atoms with E-state index >= 15 is 0 Å². The van der Waals surface area contributed by atoms with Crippen LogP contribution >= 0.6 is 0 Å². The smallest absolute Gasteiger partial charge is 0.151 e. The van der Waals surface area contributed by atoms with Gasteiger partial charge in [-0.1, -0.05) is 23.8 Å². The summed E-state index contributed by atoms with van der Waals surface area (Å²) in [7, 11) is 0. The first-order valence-corrected chi connectivity index (χ1v) is 10.1. The van der Waals surface area contributed by atoms with Gasteiger partial charge in [-0.2, -0.15) is 0 Å². The van der Waals surface area contributed by atoms with Crippen molar-refractivity contribution in [3.8, 4) is 11.5 Å². The van der Waals surface area contributed by atoms with Crippen LogP contribution in [0.25, 0.3) is 10.8 Å². The summed E-state index contributed by atoms with van der Waals surface area (Å²) in [5.74, 6) is 0.170. The molecule has 4 rings (SSSR count). The summed E-state index contributed by atoms with van der Waals surface area (Å²) in [6, 6.07) is 19.6. The summed E-state index contributed by atoms with van der Waals surface area (Å²) >= 11 is 0.